The SMILES string of the molecule is Clc1ccc(OC2CCNC(C3CCOCC3)C2)nc1. The third kappa shape index (κ3) is 3.62. The summed E-state index contributed by atoms with van der Waals surface area (Å²) in [5.74, 6) is 1.39. The summed E-state index contributed by atoms with van der Waals surface area (Å²) in [6.45, 7) is 2.81. The van der Waals surface area contributed by atoms with E-state index in [0.29, 0.717) is 22.9 Å². The van der Waals surface area contributed by atoms with Gasteiger partial charge in [0.15, 0.2) is 0 Å². The molecule has 1 aromatic rings. The maximum Gasteiger partial charge on any atom is 0.213 e. The minimum atomic E-state index is 0.248. The molecule has 0 radical (unpaired) electrons. The molecular weight excluding hydrogens is 276 g/mol. The van der Waals surface area contributed by atoms with Gasteiger partial charge in [0.25, 0.3) is 0 Å². The van der Waals surface area contributed by atoms with E-state index in [-0.39, 0.29) is 6.10 Å². The summed E-state index contributed by atoms with van der Waals surface area (Å²) in [7, 11) is 0. The minimum Gasteiger partial charge on any atom is -0.474 e. The predicted octanol–water partition coefficient (Wildman–Crippen LogP) is 2.66. The molecule has 2 aliphatic heterocycles. The van der Waals surface area contributed by atoms with Crippen molar-refractivity contribution < 1.29 is 9.47 Å². The first-order valence-corrected chi connectivity index (χ1v) is 7.78. The highest BCUT2D eigenvalue weighted by Gasteiger charge is 2.30. The third-order valence-corrected chi connectivity index (χ3v) is 4.44. The first kappa shape index (κ1) is 14.1. The molecule has 1 N–H and O–H groups in total. The van der Waals surface area contributed by atoms with Gasteiger partial charge in [-0.2, -0.15) is 0 Å². The molecule has 2 fully saturated rings. The zero-order valence-electron chi connectivity index (χ0n) is 11.6. The van der Waals surface area contributed by atoms with Crippen molar-refractivity contribution in [3.8, 4) is 5.88 Å². The summed E-state index contributed by atoms with van der Waals surface area (Å²) in [6.07, 6.45) is 6.28. The topological polar surface area (TPSA) is 43.4 Å². The lowest BCUT2D eigenvalue weighted by Crippen LogP contribution is -2.47. The van der Waals surface area contributed by atoms with Gasteiger partial charge >= 0.3 is 0 Å². The molecule has 0 spiro atoms. The lowest BCUT2D eigenvalue weighted by Gasteiger charge is -2.37. The maximum absolute atomic E-state index is 5.99. The van der Waals surface area contributed by atoms with Crippen molar-refractivity contribution in [3.05, 3.63) is 23.4 Å². The number of halogens is 1. The summed E-state index contributed by atoms with van der Waals surface area (Å²) in [5, 5.41) is 4.28. The Morgan fingerprint density at radius 1 is 1.25 bits per heavy atom. The molecule has 0 aliphatic carbocycles. The van der Waals surface area contributed by atoms with E-state index < -0.39 is 0 Å². The van der Waals surface area contributed by atoms with Crippen LogP contribution in [-0.2, 0) is 4.74 Å². The first-order chi connectivity index (χ1) is 9.81. The molecule has 1 aromatic heterocycles. The lowest BCUT2D eigenvalue weighted by molar-refractivity contribution is 0.0361. The molecule has 4 nitrogen and oxygen atoms in total. The van der Waals surface area contributed by atoms with Crippen molar-refractivity contribution in [2.45, 2.75) is 37.8 Å². The van der Waals surface area contributed by atoms with E-state index in [1.54, 1.807) is 6.20 Å². The van der Waals surface area contributed by atoms with Gasteiger partial charge in [-0.15, -0.1) is 0 Å². The minimum absolute atomic E-state index is 0.248. The number of rotatable bonds is 3. The van der Waals surface area contributed by atoms with E-state index in [9.17, 15) is 0 Å². The van der Waals surface area contributed by atoms with Gasteiger partial charge < -0.3 is 14.8 Å². The molecule has 0 bridgehead atoms. The number of hydrogen-bond acceptors (Lipinski definition) is 4. The molecule has 3 rings (SSSR count). The Bertz CT molecular complexity index is 420. The average Bonchev–Trinajstić information content (AvgIpc) is 2.51. The van der Waals surface area contributed by atoms with E-state index in [1.807, 2.05) is 12.1 Å². The summed E-state index contributed by atoms with van der Waals surface area (Å²) >= 11 is 5.84. The number of aromatic nitrogens is 1. The molecule has 2 atom stereocenters. The highest BCUT2D eigenvalue weighted by molar-refractivity contribution is 6.30. The van der Waals surface area contributed by atoms with Crippen molar-refractivity contribution in [1.82, 2.24) is 10.3 Å². The van der Waals surface area contributed by atoms with E-state index in [4.69, 9.17) is 21.1 Å². The van der Waals surface area contributed by atoms with Gasteiger partial charge in [0.1, 0.15) is 6.10 Å². The molecule has 0 saturated carbocycles. The van der Waals surface area contributed by atoms with Gasteiger partial charge in [-0.1, -0.05) is 11.6 Å². The van der Waals surface area contributed by atoms with Gasteiger partial charge in [-0.3, -0.25) is 0 Å². The lowest BCUT2D eigenvalue weighted by atomic mass is 9.85. The first-order valence-electron chi connectivity index (χ1n) is 7.40. The van der Waals surface area contributed by atoms with Crippen LogP contribution in [0.3, 0.4) is 0 Å². The highest BCUT2D eigenvalue weighted by Crippen LogP contribution is 2.26. The third-order valence-electron chi connectivity index (χ3n) is 4.21. The molecule has 2 unspecified atom stereocenters. The number of nitrogens with zero attached hydrogens (tertiary/aromatic N) is 1. The number of hydrogen-bond donors (Lipinski definition) is 1. The molecule has 2 saturated heterocycles. The largest absolute Gasteiger partial charge is 0.474 e. The van der Waals surface area contributed by atoms with E-state index >= 15 is 0 Å². The van der Waals surface area contributed by atoms with Crippen molar-refractivity contribution in [2.75, 3.05) is 19.8 Å². The number of nitrogens with one attached hydrogen (secondary N) is 1. The van der Waals surface area contributed by atoms with Crippen molar-refractivity contribution in [2.24, 2.45) is 5.92 Å². The van der Waals surface area contributed by atoms with Crippen LogP contribution in [0.5, 0.6) is 5.88 Å². The maximum atomic E-state index is 5.99. The van der Waals surface area contributed by atoms with Gasteiger partial charge in [0.05, 0.1) is 5.02 Å². The van der Waals surface area contributed by atoms with Crippen LogP contribution in [-0.4, -0.2) is 36.9 Å². The monoisotopic (exact) mass is 296 g/mol. The molecule has 5 heteroatoms. The van der Waals surface area contributed by atoms with Gasteiger partial charge in [0, 0.05) is 31.5 Å². The highest BCUT2D eigenvalue weighted by atomic mass is 35.5. The van der Waals surface area contributed by atoms with Crippen molar-refractivity contribution in [1.29, 1.82) is 0 Å². The van der Waals surface area contributed by atoms with Gasteiger partial charge in [0.2, 0.25) is 5.88 Å². The fraction of sp³-hybridized carbons (Fsp3) is 0.667. The van der Waals surface area contributed by atoms with Crippen LogP contribution in [0, 0.1) is 5.92 Å². The van der Waals surface area contributed by atoms with Crippen LogP contribution < -0.4 is 10.1 Å². The summed E-state index contributed by atoms with van der Waals surface area (Å²) in [6, 6.07) is 4.21. The zero-order valence-corrected chi connectivity index (χ0v) is 12.3. The van der Waals surface area contributed by atoms with Crippen LogP contribution in [0.15, 0.2) is 18.3 Å². The van der Waals surface area contributed by atoms with Crippen LogP contribution >= 0.6 is 11.6 Å². The second-order valence-corrected chi connectivity index (χ2v) is 6.03. The Balaban J connectivity index is 1.56. The van der Waals surface area contributed by atoms with Crippen LogP contribution in [0.25, 0.3) is 0 Å². The van der Waals surface area contributed by atoms with E-state index in [0.717, 1.165) is 45.4 Å². The number of ether oxygens (including phenoxy) is 2. The van der Waals surface area contributed by atoms with Gasteiger partial charge in [-0.25, -0.2) is 4.98 Å². The second kappa shape index (κ2) is 6.74. The smallest absolute Gasteiger partial charge is 0.213 e. The molecule has 0 amide bonds. The Kier molecular flexibility index (Phi) is 4.76. The Hall–Kier alpha value is -0.840. The molecule has 2 aliphatic rings. The fourth-order valence-corrected chi connectivity index (χ4v) is 3.21. The number of piperidine rings is 1. The molecule has 20 heavy (non-hydrogen) atoms. The van der Waals surface area contributed by atoms with Crippen LogP contribution in [0.2, 0.25) is 5.02 Å². The summed E-state index contributed by atoms with van der Waals surface area (Å²) < 4.78 is 11.4. The van der Waals surface area contributed by atoms with Crippen LogP contribution in [0.1, 0.15) is 25.7 Å². The van der Waals surface area contributed by atoms with E-state index in [2.05, 4.69) is 10.3 Å². The van der Waals surface area contributed by atoms with Crippen molar-refractivity contribution >= 4 is 11.6 Å². The Morgan fingerprint density at radius 3 is 2.85 bits per heavy atom. The predicted molar refractivity (Wildman–Crippen MR) is 78.2 cm³/mol. The van der Waals surface area contributed by atoms with Gasteiger partial charge in [-0.05, 0) is 44.2 Å². The molecule has 0 aromatic carbocycles. The average molecular weight is 297 g/mol. The summed E-state index contributed by atoms with van der Waals surface area (Å²) in [4.78, 5) is 4.22. The Labute approximate surface area is 124 Å². The molecular formula is C15H21ClN2O2. The number of pyridine rings is 1. The Morgan fingerprint density at radius 2 is 2.10 bits per heavy atom. The fourth-order valence-electron chi connectivity index (χ4n) is 3.10. The summed E-state index contributed by atoms with van der Waals surface area (Å²) in [5.41, 5.74) is 0. The standard InChI is InChI=1S/C15H21ClN2O2/c16-12-1-2-15(18-10-12)20-13-3-6-17-14(9-13)11-4-7-19-8-5-11/h1-2,10-11,13-14,17H,3-9H2. The van der Waals surface area contributed by atoms with Crippen molar-refractivity contribution in [3.63, 3.8) is 0 Å². The quantitative estimate of drug-likeness (QED) is 0.931. The van der Waals surface area contributed by atoms with Crippen LogP contribution in [0.4, 0.5) is 0 Å². The zero-order chi connectivity index (χ0) is 13.8. The van der Waals surface area contributed by atoms with E-state index in [1.165, 1.54) is 0 Å². The molecule has 3 heterocycles. The molecule has 110 valence electrons. The normalized spacial score (nSPS) is 28.2. The second-order valence-electron chi connectivity index (χ2n) is 5.59.